The molecule has 1 aliphatic heterocycles. The van der Waals surface area contributed by atoms with Crippen LogP contribution in [0.3, 0.4) is 0 Å². The van der Waals surface area contributed by atoms with Gasteiger partial charge >= 0.3 is 0 Å². The van der Waals surface area contributed by atoms with E-state index in [-0.39, 0.29) is 0 Å². The molecule has 0 radical (unpaired) electrons. The van der Waals surface area contributed by atoms with Gasteiger partial charge in [0, 0.05) is 12.4 Å². The van der Waals surface area contributed by atoms with Crippen molar-refractivity contribution >= 4 is 28.4 Å². The molecule has 0 N–H and O–H groups in total. The molecule has 0 bridgehead atoms. The van der Waals surface area contributed by atoms with Crippen LogP contribution in [-0.4, -0.2) is 15.1 Å². The SMILES string of the molecule is S=C1N=c2ccc3nccnc3c2=N1. The smallest absolute Gasteiger partial charge is 0.220 e. The van der Waals surface area contributed by atoms with Crippen molar-refractivity contribution in [3.8, 4) is 0 Å². The van der Waals surface area contributed by atoms with E-state index in [4.69, 9.17) is 12.2 Å². The molecule has 0 unspecified atom stereocenters. The second-order valence-electron chi connectivity index (χ2n) is 2.86. The van der Waals surface area contributed by atoms with Gasteiger partial charge in [-0.15, -0.1) is 0 Å². The van der Waals surface area contributed by atoms with Crippen LogP contribution in [0.1, 0.15) is 0 Å². The van der Waals surface area contributed by atoms with Crippen molar-refractivity contribution in [3.05, 3.63) is 35.2 Å². The molecule has 0 saturated heterocycles. The molecule has 1 aliphatic rings. The summed E-state index contributed by atoms with van der Waals surface area (Å²) in [5, 5.41) is 1.88. The van der Waals surface area contributed by atoms with Crippen LogP contribution >= 0.6 is 12.2 Å². The summed E-state index contributed by atoms with van der Waals surface area (Å²) in [6, 6.07) is 3.73. The summed E-state index contributed by atoms with van der Waals surface area (Å²) in [4.78, 5) is 16.6. The first kappa shape index (κ1) is 7.64. The fourth-order valence-electron chi connectivity index (χ4n) is 1.44. The van der Waals surface area contributed by atoms with Gasteiger partial charge < -0.3 is 0 Å². The third-order valence-corrected chi connectivity index (χ3v) is 2.20. The van der Waals surface area contributed by atoms with Crippen molar-refractivity contribution in [2.45, 2.75) is 0 Å². The Morgan fingerprint density at radius 3 is 2.79 bits per heavy atom. The number of nitrogens with zero attached hydrogens (tertiary/aromatic N) is 4. The molecule has 0 atom stereocenters. The first-order chi connectivity index (χ1) is 6.84. The zero-order valence-electron chi connectivity index (χ0n) is 7.01. The van der Waals surface area contributed by atoms with Crippen LogP contribution in [-0.2, 0) is 0 Å². The third-order valence-electron chi connectivity index (χ3n) is 2.02. The summed E-state index contributed by atoms with van der Waals surface area (Å²) in [6.07, 6.45) is 3.29. The van der Waals surface area contributed by atoms with E-state index in [9.17, 15) is 0 Å². The Hall–Kier alpha value is -1.75. The lowest BCUT2D eigenvalue weighted by atomic mass is 10.3. The molecule has 4 nitrogen and oxygen atoms in total. The maximum Gasteiger partial charge on any atom is 0.220 e. The highest BCUT2D eigenvalue weighted by Crippen LogP contribution is 2.00. The highest BCUT2D eigenvalue weighted by atomic mass is 32.1. The van der Waals surface area contributed by atoms with Gasteiger partial charge in [-0.3, -0.25) is 9.97 Å². The molecule has 2 heterocycles. The first-order valence-electron chi connectivity index (χ1n) is 4.06. The quantitative estimate of drug-likeness (QED) is 0.569. The van der Waals surface area contributed by atoms with Crippen molar-refractivity contribution in [1.29, 1.82) is 0 Å². The summed E-state index contributed by atoms with van der Waals surface area (Å²) in [5.74, 6) is 0. The molecule has 0 saturated carbocycles. The number of hydrogen-bond donors (Lipinski definition) is 0. The van der Waals surface area contributed by atoms with E-state index in [1.807, 2.05) is 12.1 Å². The van der Waals surface area contributed by atoms with Crippen LogP contribution in [0.15, 0.2) is 34.5 Å². The monoisotopic (exact) mass is 200 g/mol. The average Bonchev–Trinajstić information content (AvgIpc) is 2.59. The summed E-state index contributed by atoms with van der Waals surface area (Å²) in [6.45, 7) is 0. The lowest BCUT2D eigenvalue weighted by molar-refractivity contribution is 1.25. The highest BCUT2D eigenvalue weighted by molar-refractivity contribution is 7.80. The maximum absolute atomic E-state index is 4.91. The molecule has 2 aromatic rings. The number of fused-ring (bicyclic) bond motifs is 3. The van der Waals surface area contributed by atoms with Gasteiger partial charge in [-0.2, -0.15) is 0 Å². The van der Waals surface area contributed by atoms with Crippen LogP contribution in [0.25, 0.3) is 11.0 Å². The zero-order chi connectivity index (χ0) is 9.54. The second kappa shape index (κ2) is 2.62. The standard InChI is InChI=1S/C9H4N4S/c14-9-12-6-2-1-5-7(8(6)13-9)11-4-3-10-5/h1-4H. The topological polar surface area (TPSA) is 50.5 Å². The Labute approximate surface area is 84.1 Å². The van der Waals surface area contributed by atoms with Crippen molar-refractivity contribution in [2.75, 3.05) is 0 Å². The minimum absolute atomic E-state index is 0.359. The Morgan fingerprint density at radius 2 is 1.86 bits per heavy atom. The van der Waals surface area contributed by atoms with Crippen molar-refractivity contribution in [2.24, 2.45) is 9.98 Å². The molecule has 0 aliphatic carbocycles. The van der Waals surface area contributed by atoms with Crippen LogP contribution in [0.2, 0.25) is 0 Å². The molecular formula is C9H4N4S. The average molecular weight is 200 g/mol. The van der Waals surface area contributed by atoms with Crippen LogP contribution in [0.4, 0.5) is 0 Å². The number of benzene rings is 1. The van der Waals surface area contributed by atoms with Crippen LogP contribution < -0.4 is 10.7 Å². The van der Waals surface area contributed by atoms with Crippen molar-refractivity contribution in [3.63, 3.8) is 0 Å². The van der Waals surface area contributed by atoms with E-state index in [0.717, 1.165) is 21.7 Å². The van der Waals surface area contributed by atoms with Gasteiger partial charge in [0.15, 0.2) is 0 Å². The van der Waals surface area contributed by atoms with Gasteiger partial charge in [-0.05, 0) is 24.4 Å². The van der Waals surface area contributed by atoms with Crippen LogP contribution in [0.5, 0.6) is 0 Å². The maximum atomic E-state index is 4.91. The van der Waals surface area contributed by atoms with Crippen molar-refractivity contribution in [1.82, 2.24) is 9.97 Å². The predicted octanol–water partition coefficient (Wildman–Crippen LogP) is 0.167. The molecule has 66 valence electrons. The Kier molecular flexibility index (Phi) is 1.43. The second-order valence-corrected chi connectivity index (χ2v) is 3.23. The largest absolute Gasteiger partial charge is 0.253 e. The molecule has 0 spiro atoms. The molecule has 1 aromatic heterocycles. The Balaban J connectivity index is 2.65. The van der Waals surface area contributed by atoms with Gasteiger partial charge in [0.2, 0.25) is 5.11 Å². The number of rotatable bonds is 0. The summed E-state index contributed by atoms with van der Waals surface area (Å²) in [7, 11) is 0. The highest BCUT2D eigenvalue weighted by Gasteiger charge is 2.06. The summed E-state index contributed by atoms with van der Waals surface area (Å²) < 4.78 is 0. The Morgan fingerprint density at radius 1 is 1.00 bits per heavy atom. The molecule has 5 heteroatoms. The molecule has 1 aromatic carbocycles. The lowest BCUT2D eigenvalue weighted by Gasteiger charge is -1.92. The fourth-order valence-corrected chi connectivity index (χ4v) is 1.63. The van der Waals surface area contributed by atoms with Gasteiger partial charge in [0.1, 0.15) is 10.9 Å². The van der Waals surface area contributed by atoms with Crippen LogP contribution in [0, 0.1) is 0 Å². The lowest BCUT2D eigenvalue weighted by Crippen LogP contribution is -2.23. The van der Waals surface area contributed by atoms with Gasteiger partial charge in [-0.25, -0.2) is 9.98 Å². The van der Waals surface area contributed by atoms with E-state index in [2.05, 4.69) is 20.0 Å². The summed E-state index contributed by atoms with van der Waals surface area (Å²) >= 11 is 4.91. The Bertz CT molecular complexity index is 662. The predicted molar refractivity (Wildman–Crippen MR) is 54.4 cm³/mol. The molecular weight excluding hydrogens is 196 g/mol. The van der Waals surface area contributed by atoms with Gasteiger partial charge in [-0.1, -0.05) is 0 Å². The normalized spacial score (nSPS) is 13.6. The fraction of sp³-hybridized carbons (Fsp3) is 0. The first-order valence-corrected chi connectivity index (χ1v) is 4.46. The number of hydrogen-bond acceptors (Lipinski definition) is 3. The number of aromatic nitrogens is 2. The van der Waals surface area contributed by atoms with E-state index in [1.165, 1.54) is 0 Å². The summed E-state index contributed by atoms with van der Waals surface area (Å²) in [5.41, 5.74) is 1.57. The van der Waals surface area contributed by atoms with E-state index in [1.54, 1.807) is 12.4 Å². The third kappa shape index (κ3) is 0.958. The van der Waals surface area contributed by atoms with Gasteiger partial charge in [0.25, 0.3) is 0 Å². The van der Waals surface area contributed by atoms with E-state index in [0.29, 0.717) is 5.11 Å². The molecule has 14 heavy (non-hydrogen) atoms. The van der Waals surface area contributed by atoms with E-state index < -0.39 is 0 Å². The van der Waals surface area contributed by atoms with E-state index >= 15 is 0 Å². The van der Waals surface area contributed by atoms with Crippen molar-refractivity contribution < 1.29 is 0 Å². The molecule has 0 amide bonds. The molecule has 3 rings (SSSR count). The van der Waals surface area contributed by atoms with Gasteiger partial charge in [0.05, 0.1) is 10.9 Å². The minimum Gasteiger partial charge on any atom is -0.253 e. The molecule has 0 fully saturated rings. The number of thiocarbonyl (C=S) groups is 1. The zero-order valence-corrected chi connectivity index (χ0v) is 7.82. The minimum atomic E-state index is 0.359.